The molecule has 1 heterocycles. The van der Waals surface area contributed by atoms with Crippen LogP contribution in [0.2, 0.25) is 0 Å². The summed E-state index contributed by atoms with van der Waals surface area (Å²) in [4.78, 5) is 0. The van der Waals surface area contributed by atoms with E-state index in [2.05, 4.69) is 12.2 Å². The molecule has 2 N–H and O–H groups in total. The zero-order chi connectivity index (χ0) is 13.0. The van der Waals surface area contributed by atoms with Crippen molar-refractivity contribution in [2.75, 3.05) is 6.54 Å². The van der Waals surface area contributed by atoms with Crippen molar-refractivity contribution in [2.45, 2.75) is 44.8 Å². The first-order chi connectivity index (χ1) is 8.70. The molecule has 0 saturated carbocycles. The highest BCUT2D eigenvalue weighted by Crippen LogP contribution is 2.27. The van der Waals surface area contributed by atoms with Crippen LogP contribution in [0.4, 0.5) is 4.39 Å². The minimum atomic E-state index is -0.709. The molecular weight excluding hydrogens is 229 g/mol. The van der Waals surface area contributed by atoms with Crippen molar-refractivity contribution in [1.29, 1.82) is 0 Å². The molecule has 2 rings (SSSR count). The number of hydrogen-bond donors (Lipinski definition) is 2. The fourth-order valence-corrected chi connectivity index (χ4v) is 2.79. The van der Waals surface area contributed by atoms with Crippen LogP contribution in [0.15, 0.2) is 24.3 Å². The van der Waals surface area contributed by atoms with Crippen LogP contribution in [0.1, 0.15) is 44.3 Å². The molecule has 1 fully saturated rings. The fraction of sp³-hybridized carbons (Fsp3) is 0.600. The van der Waals surface area contributed by atoms with E-state index >= 15 is 0 Å². The number of nitrogens with one attached hydrogen (secondary N) is 1. The summed E-state index contributed by atoms with van der Waals surface area (Å²) in [6.45, 7) is 3.22. The SMILES string of the molecule is CCC1CCNC(CC(O)c2ccccc2F)C1. The zero-order valence-electron chi connectivity index (χ0n) is 10.9. The van der Waals surface area contributed by atoms with Crippen LogP contribution >= 0.6 is 0 Å². The molecule has 0 aliphatic carbocycles. The van der Waals surface area contributed by atoms with Gasteiger partial charge in [0.1, 0.15) is 5.82 Å². The van der Waals surface area contributed by atoms with Crippen molar-refractivity contribution in [3.63, 3.8) is 0 Å². The Morgan fingerprint density at radius 2 is 2.22 bits per heavy atom. The second-order valence-corrected chi connectivity index (χ2v) is 5.22. The number of hydrogen-bond acceptors (Lipinski definition) is 2. The lowest BCUT2D eigenvalue weighted by molar-refractivity contribution is 0.132. The largest absolute Gasteiger partial charge is 0.388 e. The van der Waals surface area contributed by atoms with Gasteiger partial charge in [0.25, 0.3) is 0 Å². The van der Waals surface area contributed by atoms with Gasteiger partial charge in [-0.15, -0.1) is 0 Å². The molecule has 18 heavy (non-hydrogen) atoms. The van der Waals surface area contributed by atoms with Crippen LogP contribution in [0, 0.1) is 11.7 Å². The summed E-state index contributed by atoms with van der Waals surface area (Å²) in [6.07, 6.45) is 3.37. The Kier molecular flexibility index (Phi) is 4.72. The molecule has 3 unspecified atom stereocenters. The van der Waals surface area contributed by atoms with Crippen LogP contribution < -0.4 is 5.32 Å². The highest BCUT2D eigenvalue weighted by atomic mass is 19.1. The summed E-state index contributed by atoms with van der Waals surface area (Å²) in [5.41, 5.74) is 0.415. The summed E-state index contributed by atoms with van der Waals surface area (Å²) in [6, 6.07) is 6.79. The van der Waals surface area contributed by atoms with Crippen molar-refractivity contribution < 1.29 is 9.50 Å². The molecule has 2 nitrogen and oxygen atoms in total. The van der Waals surface area contributed by atoms with Crippen molar-refractivity contribution in [3.8, 4) is 0 Å². The van der Waals surface area contributed by atoms with Crippen LogP contribution in [-0.2, 0) is 0 Å². The molecule has 1 aliphatic rings. The van der Waals surface area contributed by atoms with Gasteiger partial charge >= 0.3 is 0 Å². The first-order valence-corrected chi connectivity index (χ1v) is 6.86. The van der Waals surface area contributed by atoms with Gasteiger partial charge in [0.15, 0.2) is 0 Å². The second-order valence-electron chi connectivity index (χ2n) is 5.22. The molecule has 0 amide bonds. The third kappa shape index (κ3) is 3.30. The molecule has 1 saturated heterocycles. The van der Waals surface area contributed by atoms with Gasteiger partial charge in [0, 0.05) is 11.6 Å². The Labute approximate surface area is 108 Å². The summed E-state index contributed by atoms with van der Waals surface area (Å²) in [5.74, 6) is 0.428. The van der Waals surface area contributed by atoms with Gasteiger partial charge in [-0.25, -0.2) is 4.39 Å². The Morgan fingerprint density at radius 1 is 1.44 bits per heavy atom. The van der Waals surface area contributed by atoms with E-state index in [0.29, 0.717) is 18.0 Å². The molecule has 3 atom stereocenters. The van der Waals surface area contributed by atoms with Crippen molar-refractivity contribution in [3.05, 3.63) is 35.6 Å². The van der Waals surface area contributed by atoms with E-state index in [1.807, 2.05) is 0 Å². The summed E-state index contributed by atoms with van der Waals surface area (Å²) in [5, 5.41) is 13.6. The number of rotatable bonds is 4. The van der Waals surface area contributed by atoms with E-state index in [-0.39, 0.29) is 5.82 Å². The number of aliphatic hydroxyl groups excluding tert-OH is 1. The van der Waals surface area contributed by atoms with E-state index in [1.54, 1.807) is 18.2 Å². The maximum Gasteiger partial charge on any atom is 0.128 e. The standard InChI is InChI=1S/C15H22FNO/c1-2-11-7-8-17-12(9-11)10-15(18)13-5-3-4-6-14(13)16/h3-6,11-12,15,17-18H,2,7-10H2,1H3. The molecule has 0 aromatic heterocycles. The lowest BCUT2D eigenvalue weighted by atomic mass is 9.87. The highest BCUT2D eigenvalue weighted by Gasteiger charge is 2.24. The van der Waals surface area contributed by atoms with Gasteiger partial charge in [-0.3, -0.25) is 0 Å². The van der Waals surface area contributed by atoms with E-state index in [4.69, 9.17) is 0 Å². The summed E-state index contributed by atoms with van der Waals surface area (Å²) >= 11 is 0. The molecule has 0 bridgehead atoms. The van der Waals surface area contributed by atoms with Gasteiger partial charge < -0.3 is 10.4 Å². The van der Waals surface area contributed by atoms with E-state index in [0.717, 1.165) is 18.9 Å². The minimum Gasteiger partial charge on any atom is -0.388 e. The van der Waals surface area contributed by atoms with Gasteiger partial charge in [-0.2, -0.15) is 0 Å². The fourth-order valence-electron chi connectivity index (χ4n) is 2.79. The van der Waals surface area contributed by atoms with E-state index in [9.17, 15) is 9.50 Å². The first-order valence-electron chi connectivity index (χ1n) is 6.86. The maximum atomic E-state index is 13.6. The first kappa shape index (κ1) is 13.5. The molecule has 3 heteroatoms. The molecule has 1 aliphatic heterocycles. The van der Waals surface area contributed by atoms with Crippen molar-refractivity contribution in [1.82, 2.24) is 5.32 Å². The number of aliphatic hydroxyl groups is 1. The number of halogens is 1. The Hall–Kier alpha value is -0.930. The topological polar surface area (TPSA) is 32.3 Å². The second kappa shape index (κ2) is 6.30. The Bertz CT molecular complexity index is 383. The Balaban J connectivity index is 1.95. The van der Waals surface area contributed by atoms with Crippen LogP contribution in [0.3, 0.4) is 0 Å². The summed E-state index contributed by atoms with van der Waals surface area (Å²) < 4.78 is 13.6. The molecule has 100 valence electrons. The van der Waals surface area contributed by atoms with Gasteiger partial charge in [-0.05, 0) is 37.8 Å². The number of benzene rings is 1. The number of piperidine rings is 1. The van der Waals surface area contributed by atoms with Crippen molar-refractivity contribution >= 4 is 0 Å². The lowest BCUT2D eigenvalue weighted by Gasteiger charge is -2.31. The van der Waals surface area contributed by atoms with Gasteiger partial charge in [0.05, 0.1) is 6.10 Å². The van der Waals surface area contributed by atoms with E-state index in [1.165, 1.54) is 18.9 Å². The predicted molar refractivity (Wildman–Crippen MR) is 70.8 cm³/mol. The minimum absolute atomic E-state index is 0.304. The predicted octanol–water partition coefficient (Wildman–Crippen LogP) is 3.03. The molecular formula is C15H22FNO. The van der Waals surface area contributed by atoms with Crippen LogP contribution in [0.5, 0.6) is 0 Å². The summed E-state index contributed by atoms with van der Waals surface area (Å²) in [7, 11) is 0. The van der Waals surface area contributed by atoms with Gasteiger partial charge in [-0.1, -0.05) is 31.5 Å². The average Bonchev–Trinajstić information content (AvgIpc) is 2.39. The van der Waals surface area contributed by atoms with E-state index < -0.39 is 6.10 Å². The third-order valence-electron chi connectivity index (χ3n) is 3.95. The highest BCUT2D eigenvalue weighted by molar-refractivity contribution is 5.19. The molecule has 1 aromatic carbocycles. The average molecular weight is 251 g/mol. The maximum absolute atomic E-state index is 13.6. The monoisotopic (exact) mass is 251 g/mol. The zero-order valence-corrected chi connectivity index (χ0v) is 10.9. The quantitative estimate of drug-likeness (QED) is 0.862. The van der Waals surface area contributed by atoms with Crippen LogP contribution in [0.25, 0.3) is 0 Å². The van der Waals surface area contributed by atoms with Crippen LogP contribution in [-0.4, -0.2) is 17.7 Å². The van der Waals surface area contributed by atoms with Gasteiger partial charge in [0.2, 0.25) is 0 Å². The van der Waals surface area contributed by atoms with Crippen molar-refractivity contribution in [2.24, 2.45) is 5.92 Å². The molecule has 0 radical (unpaired) electrons. The Morgan fingerprint density at radius 3 is 2.94 bits per heavy atom. The normalized spacial score (nSPS) is 25.9. The molecule has 0 spiro atoms. The lowest BCUT2D eigenvalue weighted by Crippen LogP contribution is -2.39. The molecule has 1 aromatic rings. The smallest absolute Gasteiger partial charge is 0.128 e. The third-order valence-corrected chi connectivity index (χ3v) is 3.95.